The zero-order chi connectivity index (χ0) is 25.4. The van der Waals surface area contributed by atoms with Crippen LogP contribution in [-0.2, 0) is 13.6 Å². The van der Waals surface area contributed by atoms with Gasteiger partial charge in [-0.15, -0.1) is 0 Å². The van der Waals surface area contributed by atoms with Gasteiger partial charge in [-0.05, 0) is 47.9 Å². The first-order valence-electron chi connectivity index (χ1n) is 12.6. The average Bonchev–Trinajstić information content (AvgIpc) is 3.13. The molecule has 1 aromatic heterocycles. The molecule has 1 aliphatic heterocycles. The fraction of sp³-hybridized carbons (Fsp3) is 0.607. The Bertz CT molecular complexity index is 931. The average molecular weight is 500 g/mol. The van der Waals surface area contributed by atoms with Crippen LogP contribution in [0, 0.1) is 0 Å². The Morgan fingerprint density at radius 1 is 0.882 bits per heavy atom. The first-order valence-corrected chi connectivity index (χ1v) is 18.4. The van der Waals surface area contributed by atoms with Crippen LogP contribution in [0.1, 0.15) is 59.6 Å². The number of aromatic nitrogens is 1. The van der Waals surface area contributed by atoms with E-state index in [4.69, 9.17) is 18.6 Å². The van der Waals surface area contributed by atoms with Gasteiger partial charge in [0.05, 0.1) is 24.5 Å². The van der Waals surface area contributed by atoms with Crippen molar-refractivity contribution in [1.82, 2.24) is 4.98 Å². The first kappa shape index (κ1) is 27.3. The van der Waals surface area contributed by atoms with Gasteiger partial charge in [0.15, 0.2) is 16.6 Å². The third-order valence-electron chi connectivity index (χ3n) is 8.09. The lowest BCUT2D eigenvalue weighted by atomic mass is 10.0. The Balaban J connectivity index is 1.79. The normalized spacial score (nSPS) is 22.2. The molecule has 6 heteroatoms. The summed E-state index contributed by atoms with van der Waals surface area (Å²) in [5.41, 5.74) is 3.22. The summed E-state index contributed by atoms with van der Waals surface area (Å²) in [6.45, 7) is 23.5. The van der Waals surface area contributed by atoms with Crippen LogP contribution in [0.15, 0.2) is 48.7 Å². The van der Waals surface area contributed by atoms with E-state index in [0.717, 1.165) is 23.2 Å². The molecule has 0 saturated carbocycles. The van der Waals surface area contributed by atoms with Crippen molar-refractivity contribution in [3.63, 3.8) is 0 Å². The lowest BCUT2D eigenvalue weighted by Crippen LogP contribution is -2.48. The van der Waals surface area contributed by atoms with Gasteiger partial charge in [-0.3, -0.25) is 4.98 Å². The third kappa shape index (κ3) is 6.27. The van der Waals surface area contributed by atoms with Crippen LogP contribution in [0.3, 0.4) is 0 Å². The number of benzene rings is 1. The van der Waals surface area contributed by atoms with Crippen LogP contribution in [-0.4, -0.2) is 40.4 Å². The van der Waals surface area contributed by atoms with E-state index in [1.807, 2.05) is 24.4 Å². The van der Waals surface area contributed by atoms with Crippen molar-refractivity contribution in [2.75, 3.05) is 6.61 Å². The molecule has 0 radical (unpaired) electrons. The molecular weight excluding hydrogens is 454 g/mol. The topological polar surface area (TPSA) is 40.6 Å². The highest BCUT2D eigenvalue weighted by atomic mass is 28.4. The highest BCUT2D eigenvalue weighted by Crippen LogP contribution is 2.43. The summed E-state index contributed by atoms with van der Waals surface area (Å²) in [6, 6.07) is 14.5. The molecule has 0 bridgehead atoms. The summed E-state index contributed by atoms with van der Waals surface area (Å²) in [4.78, 5) is 4.74. The maximum Gasteiger partial charge on any atom is 0.192 e. The summed E-state index contributed by atoms with van der Waals surface area (Å²) >= 11 is 0. The molecule has 4 nitrogen and oxygen atoms in total. The molecule has 3 rings (SSSR count). The van der Waals surface area contributed by atoms with Crippen molar-refractivity contribution in [3.05, 3.63) is 54.2 Å². The highest BCUT2D eigenvalue weighted by molar-refractivity contribution is 6.74. The maximum atomic E-state index is 6.90. The minimum absolute atomic E-state index is 0.0277. The fourth-order valence-corrected chi connectivity index (χ4v) is 6.01. The fourth-order valence-electron chi connectivity index (χ4n) is 3.64. The summed E-state index contributed by atoms with van der Waals surface area (Å²) in [5, 5.41) is 0.312. The van der Waals surface area contributed by atoms with Gasteiger partial charge in [0.25, 0.3) is 0 Å². The molecule has 2 aromatic rings. The van der Waals surface area contributed by atoms with Crippen molar-refractivity contribution >= 4 is 16.6 Å². The van der Waals surface area contributed by atoms with Gasteiger partial charge in [0.2, 0.25) is 0 Å². The molecule has 1 aliphatic rings. The predicted molar refractivity (Wildman–Crippen MR) is 147 cm³/mol. The van der Waals surface area contributed by atoms with E-state index < -0.39 is 16.6 Å². The second kappa shape index (κ2) is 9.98. The van der Waals surface area contributed by atoms with E-state index in [1.54, 1.807) is 0 Å². The Morgan fingerprint density at radius 3 is 2.03 bits per heavy atom. The second-order valence-electron chi connectivity index (χ2n) is 12.7. The maximum absolute atomic E-state index is 6.90. The van der Waals surface area contributed by atoms with E-state index >= 15 is 0 Å². The smallest absolute Gasteiger partial charge is 0.192 e. The highest BCUT2D eigenvalue weighted by Gasteiger charge is 2.46. The molecule has 188 valence electrons. The molecule has 2 heterocycles. The summed E-state index contributed by atoms with van der Waals surface area (Å²) in [7, 11) is -3.83. The Hall–Kier alpha value is -1.32. The van der Waals surface area contributed by atoms with Gasteiger partial charge < -0.3 is 13.6 Å². The number of hydrogen-bond donors (Lipinski definition) is 0. The van der Waals surface area contributed by atoms with Crippen molar-refractivity contribution in [1.29, 1.82) is 0 Å². The molecule has 0 N–H and O–H groups in total. The van der Waals surface area contributed by atoms with Gasteiger partial charge in [-0.25, -0.2) is 0 Å². The van der Waals surface area contributed by atoms with E-state index in [2.05, 4.69) is 92.0 Å². The largest absolute Gasteiger partial charge is 0.414 e. The van der Waals surface area contributed by atoms with Crippen molar-refractivity contribution in [2.45, 2.75) is 103 Å². The van der Waals surface area contributed by atoms with Gasteiger partial charge in [0, 0.05) is 18.2 Å². The van der Waals surface area contributed by atoms with E-state index in [9.17, 15) is 0 Å². The van der Waals surface area contributed by atoms with Gasteiger partial charge in [-0.1, -0.05) is 77.9 Å². The zero-order valence-electron chi connectivity index (χ0n) is 22.9. The van der Waals surface area contributed by atoms with Crippen molar-refractivity contribution in [2.24, 2.45) is 0 Å². The SMILES string of the molecule is CC(C)(C)[Si](C)(C)OC[C@H]1O[C@@H](c2ccc(-c3ccccc3)nc2)C[C@@H]1O[Si](C)(C)C(C)(C)C. The van der Waals surface area contributed by atoms with Crippen molar-refractivity contribution in [3.8, 4) is 11.3 Å². The van der Waals surface area contributed by atoms with Crippen LogP contribution in [0.4, 0.5) is 0 Å². The number of nitrogens with zero attached hydrogens (tertiary/aromatic N) is 1. The molecule has 1 fully saturated rings. The summed E-state index contributed by atoms with van der Waals surface area (Å²) < 4.78 is 20.1. The summed E-state index contributed by atoms with van der Waals surface area (Å²) in [5.74, 6) is 0. The lowest BCUT2D eigenvalue weighted by molar-refractivity contribution is -0.0165. The predicted octanol–water partition coefficient (Wildman–Crippen LogP) is 7.99. The molecule has 0 amide bonds. The summed E-state index contributed by atoms with van der Waals surface area (Å²) in [6.07, 6.45) is 2.74. The molecule has 1 saturated heterocycles. The van der Waals surface area contributed by atoms with E-state index in [0.29, 0.717) is 6.61 Å². The minimum Gasteiger partial charge on any atom is -0.414 e. The number of hydrogen-bond acceptors (Lipinski definition) is 4. The molecule has 34 heavy (non-hydrogen) atoms. The van der Waals surface area contributed by atoms with Gasteiger partial charge in [-0.2, -0.15) is 0 Å². The van der Waals surface area contributed by atoms with E-state index in [-0.39, 0.29) is 28.4 Å². The Kier molecular flexibility index (Phi) is 8.00. The second-order valence-corrected chi connectivity index (χ2v) is 22.3. The molecule has 1 aromatic carbocycles. The lowest BCUT2D eigenvalue weighted by Gasteiger charge is -2.40. The van der Waals surface area contributed by atoms with Crippen molar-refractivity contribution < 1.29 is 13.6 Å². The van der Waals surface area contributed by atoms with Crippen LogP contribution < -0.4 is 0 Å². The number of rotatable bonds is 7. The molecule has 3 atom stereocenters. The standard InChI is InChI=1S/C28H45NO3Si2/c1-27(2,3)33(7,8)30-20-26-25(32-34(9,10)28(4,5)6)18-24(31-26)22-16-17-23(29-19-22)21-14-12-11-13-15-21/h11-17,19,24-26H,18,20H2,1-10H3/t24-,25+,26-/m1/s1. The first-order chi connectivity index (χ1) is 15.6. The number of ether oxygens (including phenoxy) is 1. The van der Waals surface area contributed by atoms with Gasteiger partial charge in [0.1, 0.15) is 6.10 Å². The van der Waals surface area contributed by atoms with Gasteiger partial charge >= 0.3 is 0 Å². The Labute approximate surface area is 209 Å². The molecular formula is C28H45NO3Si2. The molecule has 0 spiro atoms. The van der Waals surface area contributed by atoms with E-state index in [1.165, 1.54) is 0 Å². The Morgan fingerprint density at radius 2 is 1.50 bits per heavy atom. The van der Waals surface area contributed by atoms with Crippen LogP contribution in [0.25, 0.3) is 11.3 Å². The van der Waals surface area contributed by atoms with Crippen LogP contribution in [0.5, 0.6) is 0 Å². The quantitative estimate of drug-likeness (QED) is 0.362. The molecule has 0 aliphatic carbocycles. The zero-order valence-corrected chi connectivity index (χ0v) is 24.9. The molecule has 0 unspecified atom stereocenters. The number of pyridine rings is 1. The third-order valence-corrected chi connectivity index (χ3v) is 17.1. The monoisotopic (exact) mass is 499 g/mol. The minimum atomic E-state index is -1.95. The van der Waals surface area contributed by atoms with Crippen LogP contribution >= 0.6 is 0 Å². The van der Waals surface area contributed by atoms with Crippen LogP contribution in [0.2, 0.25) is 36.3 Å².